The van der Waals surface area contributed by atoms with E-state index in [0.29, 0.717) is 5.02 Å². The molecule has 14 heavy (non-hydrogen) atoms. The van der Waals surface area contributed by atoms with Gasteiger partial charge >= 0.3 is 0 Å². The summed E-state index contributed by atoms with van der Waals surface area (Å²) in [5.41, 5.74) is 1.61. The topological polar surface area (TPSA) is 29.1 Å². The Balaban J connectivity index is 2.28. The van der Waals surface area contributed by atoms with Crippen LogP contribution in [-0.2, 0) is 10.2 Å². The van der Waals surface area contributed by atoms with E-state index in [2.05, 4.69) is 21.2 Å². The predicted molar refractivity (Wildman–Crippen MR) is 58.7 cm³/mol. The minimum atomic E-state index is -0.247. The van der Waals surface area contributed by atoms with Gasteiger partial charge in [-0.3, -0.25) is 4.79 Å². The van der Waals surface area contributed by atoms with Crippen LogP contribution in [0.15, 0.2) is 16.6 Å². The molecule has 2 aliphatic rings. The van der Waals surface area contributed by atoms with E-state index in [1.165, 1.54) is 0 Å². The Morgan fingerprint density at radius 2 is 2.14 bits per heavy atom. The zero-order chi connectivity index (χ0) is 9.92. The van der Waals surface area contributed by atoms with Gasteiger partial charge in [0, 0.05) is 4.47 Å². The number of carbonyl (C=O) groups is 1. The first-order valence-electron chi connectivity index (χ1n) is 4.44. The van der Waals surface area contributed by atoms with Crippen LogP contribution in [-0.4, -0.2) is 5.91 Å². The van der Waals surface area contributed by atoms with E-state index in [1.807, 2.05) is 12.1 Å². The molecule has 1 spiro atoms. The van der Waals surface area contributed by atoms with Gasteiger partial charge in [-0.1, -0.05) is 27.5 Å². The maximum absolute atomic E-state index is 11.7. The maximum atomic E-state index is 11.7. The Labute approximate surface area is 94.8 Å². The SMILES string of the molecule is O=C1Nc2c(Cl)cc(Br)cc2C12CC2. The number of hydrogen-bond acceptors (Lipinski definition) is 1. The minimum absolute atomic E-state index is 0.104. The Kier molecular flexibility index (Phi) is 1.58. The van der Waals surface area contributed by atoms with Gasteiger partial charge in [-0.2, -0.15) is 0 Å². The highest BCUT2D eigenvalue weighted by molar-refractivity contribution is 9.10. The molecule has 72 valence electrons. The first-order valence-corrected chi connectivity index (χ1v) is 5.61. The van der Waals surface area contributed by atoms with Crippen molar-refractivity contribution >= 4 is 39.1 Å². The summed E-state index contributed by atoms with van der Waals surface area (Å²) < 4.78 is 0.934. The number of amides is 1. The fourth-order valence-corrected chi connectivity index (χ4v) is 2.91. The van der Waals surface area contributed by atoms with Crippen molar-refractivity contribution in [1.82, 2.24) is 0 Å². The average Bonchev–Trinajstić information content (AvgIpc) is 2.84. The smallest absolute Gasteiger partial charge is 0.235 e. The Morgan fingerprint density at radius 3 is 2.79 bits per heavy atom. The van der Waals surface area contributed by atoms with E-state index in [9.17, 15) is 4.79 Å². The molecule has 1 aromatic rings. The Bertz CT molecular complexity index is 454. The second kappa shape index (κ2) is 2.52. The van der Waals surface area contributed by atoms with E-state index in [1.54, 1.807) is 0 Å². The second-order valence-corrected chi connectivity index (χ2v) is 5.17. The summed E-state index contributed by atoms with van der Waals surface area (Å²) in [7, 11) is 0. The number of rotatable bonds is 0. The number of halogens is 2. The lowest BCUT2D eigenvalue weighted by Crippen LogP contribution is -2.18. The quantitative estimate of drug-likeness (QED) is 0.772. The standard InChI is InChI=1S/C10H7BrClNO/c11-5-3-6-8(7(12)4-5)13-9(14)10(6)1-2-10/h3-4H,1-2H2,(H,13,14). The van der Waals surface area contributed by atoms with Gasteiger partial charge in [0.1, 0.15) is 0 Å². The first-order chi connectivity index (χ1) is 6.63. The fourth-order valence-electron chi connectivity index (χ4n) is 2.05. The van der Waals surface area contributed by atoms with Gasteiger partial charge in [-0.15, -0.1) is 0 Å². The van der Waals surface area contributed by atoms with E-state index >= 15 is 0 Å². The maximum Gasteiger partial charge on any atom is 0.235 e. The van der Waals surface area contributed by atoms with Crippen LogP contribution in [0.5, 0.6) is 0 Å². The molecule has 0 aromatic heterocycles. The molecule has 1 N–H and O–H groups in total. The molecule has 1 aliphatic heterocycles. The summed E-state index contributed by atoms with van der Waals surface area (Å²) in [6.07, 6.45) is 1.89. The molecule has 4 heteroatoms. The van der Waals surface area contributed by atoms with Crippen molar-refractivity contribution in [3.63, 3.8) is 0 Å². The first kappa shape index (κ1) is 8.74. The molecule has 0 atom stereocenters. The van der Waals surface area contributed by atoms with Crippen molar-refractivity contribution in [3.05, 3.63) is 27.2 Å². The minimum Gasteiger partial charge on any atom is -0.324 e. The van der Waals surface area contributed by atoms with Crippen molar-refractivity contribution in [3.8, 4) is 0 Å². The summed E-state index contributed by atoms with van der Waals surface area (Å²) in [6.45, 7) is 0. The van der Waals surface area contributed by atoms with Gasteiger partial charge in [0.25, 0.3) is 0 Å². The largest absolute Gasteiger partial charge is 0.324 e. The normalized spacial score (nSPS) is 20.9. The molecule has 1 heterocycles. The van der Waals surface area contributed by atoms with Crippen LogP contribution in [0.1, 0.15) is 18.4 Å². The Hall–Kier alpha value is -0.540. The van der Waals surface area contributed by atoms with Gasteiger partial charge in [-0.05, 0) is 30.5 Å². The number of benzene rings is 1. The van der Waals surface area contributed by atoms with Crippen molar-refractivity contribution in [2.45, 2.75) is 18.3 Å². The number of nitrogens with one attached hydrogen (secondary N) is 1. The van der Waals surface area contributed by atoms with Crippen LogP contribution in [0.4, 0.5) is 5.69 Å². The van der Waals surface area contributed by atoms with Crippen LogP contribution in [0.3, 0.4) is 0 Å². The third kappa shape index (κ3) is 0.943. The van der Waals surface area contributed by atoms with Crippen LogP contribution in [0.2, 0.25) is 5.02 Å². The number of carbonyl (C=O) groups excluding carboxylic acids is 1. The van der Waals surface area contributed by atoms with Crippen LogP contribution in [0.25, 0.3) is 0 Å². The summed E-state index contributed by atoms with van der Waals surface area (Å²) in [6, 6.07) is 3.80. The molecule has 3 rings (SSSR count). The summed E-state index contributed by atoms with van der Waals surface area (Å²) >= 11 is 9.44. The lowest BCUT2D eigenvalue weighted by atomic mass is 9.98. The third-order valence-corrected chi connectivity index (χ3v) is 3.75. The van der Waals surface area contributed by atoms with Crippen molar-refractivity contribution < 1.29 is 4.79 Å². The van der Waals surface area contributed by atoms with Crippen molar-refractivity contribution in [1.29, 1.82) is 0 Å². The summed E-state index contributed by atoms with van der Waals surface area (Å²) in [5, 5.41) is 3.47. The fraction of sp³-hybridized carbons (Fsp3) is 0.300. The number of anilines is 1. The van der Waals surface area contributed by atoms with Gasteiger partial charge in [0.05, 0.1) is 16.1 Å². The van der Waals surface area contributed by atoms with E-state index in [0.717, 1.165) is 28.6 Å². The monoisotopic (exact) mass is 271 g/mol. The third-order valence-electron chi connectivity index (χ3n) is 2.99. The molecule has 1 amide bonds. The van der Waals surface area contributed by atoms with Gasteiger partial charge in [-0.25, -0.2) is 0 Å². The number of fused-ring (bicyclic) bond motifs is 2. The highest BCUT2D eigenvalue weighted by Crippen LogP contribution is 2.57. The lowest BCUT2D eigenvalue weighted by molar-refractivity contribution is -0.117. The Morgan fingerprint density at radius 1 is 1.43 bits per heavy atom. The second-order valence-electron chi connectivity index (χ2n) is 3.85. The molecule has 0 unspecified atom stereocenters. The van der Waals surface area contributed by atoms with Crippen LogP contribution < -0.4 is 5.32 Å². The van der Waals surface area contributed by atoms with E-state index < -0.39 is 0 Å². The van der Waals surface area contributed by atoms with E-state index in [4.69, 9.17) is 11.6 Å². The highest BCUT2D eigenvalue weighted by Gasteiger charge is 2.56. The average molecular weight is 273 g/mol. The molecular weight excluding hydrogens is 265 g/mol. The molecule has 1 aliphatic carbocycles. The molecule has 2 nitrogen and oxygen atoms in total. The predicted octanol–water partition coefficient (Wildman–Crippen LogP) is 3.09. The molecule has 0 bridgehead atoms. The van der Waals surface area contributed by atoms with Gasteiger partial charge < -0.3 is 5.32 Å². The summed E-state index contributed by atoms with van der Waals surface area (Å²) in [4.78, 5) is 11.7. The van der Waals surface area contributed by atoms with Crippen LogP contribution in [0, 0.1) is 0 Å². The van der Waals surface area contributed by atoms with Gasteiger partial charge in [0.15, 0.2) is 0 Å². The number of hydrogen-bond donors (Lipinski definition) is 1. The van der Waals surface area contributed by atoms with Crippen molar-refractivity contribution in [2.24, 2.45) is 0 Å². The molecule has 1 aromatic carbocycles. The van der Waals surface area contributed by atoms with E-state index in [-0.39, 0.29) is 11.3 Å². The molecule has 1 saturated carbocycles. The molecular formula is C10H7BrClNO. The molecule has 0 radical (unpaired) electrons. The van der Waals surface area contributed by atoms with Crippen LogP contribution >= 0.6 is 27.5 Å². The lowest BCUT2D eigenvalue weighted by Gasteiger charge is -2.05. The van der Waals surface area contributed by atoms with Gasteiger partial charge in [0.2, 0.25) is 5.91 Å². The molecule has 1 fully saturated rings. The zero-order valence-electron chi connectivity index (χ0n) is 7.23. The van der Waals surface area contributed by atoms with Crippen molar-refractivity contribution in [2.75, 3.05) is 5.32 Å². The summed E-state index contributed by atoms with van der Waals surface area (Å²) in [5.74, 6) is 0.104. The molecule has 0 saturated heterocycles. The zero-order valence-corrected chi connectivity index (χ0v) is 9.58. The highest BCUT2D eigenvalue weighted by atomic mass is 79.9.